The lowest BCUT2D eigenvalue weighted by molar-refractivity contribution is 0.0588. The molecule has 1 aromatic rings. The van der Waals surface area contributed by atoms with Crippen LogP contribution < -0.4 is 11.1 Å². The summed E-state index contributed by atoms with van der Waals surface area (Å²) in [5.41, 5.74) is 5.84. The molecule has 0 aliphatic rings. The highest BCUT2D eigenvalue weighted by Crippen LogP contribution is 2.13. The van der Waals surface area contributed by atoms with Gasteiger partial charge in [0.05, 0.1) is 18.3 Å². The number of aliphatic hydroxyl groups excluding tert-OH is 1. The lowest BCUT2D eigenvalue weighted by atomic mass is 10.1. The molecule has 0 spiro atoms. The minimum Gasteiger partial charge on any atom is -0.398 e. The van der Waals surface area contributed by atoms with Crippen molar-refractivity contribution in [2.24, 2.45) is 0 Å². The number of hydrogen-bond acceptors (Lipinski definition) is 4. The van der Waals surface area contributed by atoms with E-state index in [-0.39, 0.29) is 17.9 Å². The first-order valence-electron chi connectivity index (χ1n) is 5.54. The maximum absolute atomic E-state index is 12.8. The maximum atomic E-state index is 12.8. The van der Waals surface area contributed by atoms with Crippen molar-refractivity contribution < 1.29 is 19.0 Å². The molecular formula is C12H17FN2O3. The van der Waals surface area contributed by atoms with Crippen LogP contribution in [0.5, 0.6) is 0 Å². The SMILES string of the molecule is COCC(O)CCNC(=O)c1ccc(F)cc1N. The third-order valence-electron chi connectivity index (χ3n) is 2.38. The summed E-state index contributed by atoms with van der Waals surface area (Å²) in [6.07, 6.45) is -0.249. The second-order valence-electron chi connectivity index (χ2n) is 3.89. The fraction of sp³-hybridized carbons (Fsp3) is 0.417. The van der Waals surface area contributed by atoms with Crippen molar-refractivity contribution in [2.45, 2.75) is 12.5 Å². The molecule has 0 aliphatic heterocycles. The largest absolute Gasteiger partial charge is 0.398 e. The maximum Gasteiger partial charge on any atom is 0.253 e. The molecule has 18 heavy (non-hydrogen) atoms. The van der Waals surface area contributed by atoms with E-state index in [2.05, 4.69) is 5.32 Å². The molecule has 0 aromatic heterocycles. The van der Waals surface area contributed by atoms with Gasteiger partial charge in [0.25, 0.3) is 5.91 Å². The number of hydrogen-bond donors (Lipinski definition) is 3. The lowest BCUT2D eigenvalue weighted by Crippen LogP contribution is -2.29. The minimum atomic E-state index is -0.624. The molecule has 1 aromatic carbocycles. The van der Waals surface area contributed by atoms with E-state index in [4.69, 9.17) is 10.5 Å². The summed E-state index contributed by atoms with van der Waals surface area (Å²) in [4.78, 5) is 11.7. The van der Waals surface area contributed by atoms with Crippen molar-refractivity contribution in [1.82, 2.24) is 5.32 Å². The summed E-state index contributed by atoms with van der Waals surface area (Å²) in [5, 5.41) is 12.0. The number of nitrogen functional groups attached to an aromatic ring is 1. The number of nitrogens with two attached hydrogens (primary N) is 1. The predicted octanol–water partition coefficient (Wildman–Crippen LogP) is 0.535. The molecule has 4 N–H and O–H groups in total. The third-order valence-corrected chi connectivity index (χ3v) is 2.38. The van der Waals surface area contributed by atoms with Gasteiger partial charge < -0.3 is 20.9 Å². The van der Waals surface area contributed by atoms with Crippen molar-refractivity contribution in [2.75, 3.05) is 26.0 Å². The highest BCUT2D eigenvalue weighted by Gasteiger charge is 2.10. The van der Waals surface area contributed by atoms with E-state index in [1.54, 1.807) is 0 Å². The highest BCUT2D eigenvalue weighted by molar-refractivity contribution is 5.99. The molecule has 5 nitrogen and oxygen atoms in total. The van der Waals surface area contributed by atoms with E-state index in [0.717, 1.165) is 6.07 Å². The minimum absolute atomic E-state index is 0.0879. The zero-order chi connectivity index (χ0) is 13.5. The number of amides is 1. The summed E-state index contributed by atoms with van der Waals surface area (Å²) in [6.45, 7) is 0.509. The molecule has 1 unspecified atom stereocenters. The van der Waals surface area contributed by atoms with Gasteiger partial charge >= 0.3 is 0 Å². The van der Waals surface area contributed by atoms with E-state index < -0.39 is 17.8 Å². The van der Waals surface area contributed by atoms with Crippen LogP contribution in [0.3, 0.4) is 0 Å². The second-order valence-corrected chi connectivity index (χ2v) is 3.89. The molecular weight excluding hydrogens is 239 g/mol. The predicted molar refractivity (Wildman–Crippen MR) is 65.6 cm³/mol. The van der Waals surface area contributed by atoms with Crippen molar-refractivity contribution in [1.29, 1.82) is 0 Å². The highest BCUT2D eigenvalue weighted by atomic mass is 19.1. The zero-order valence-electron chi connectivity index (χ0n) is 10.1. The lowest BCUT2D eigenvalue weighted by Gasteiger charge is -2.11. The van der Waals surface area contributed by atoms with Gasteiger partial charge in [0, 0.05) is 19.3 Å². The Balaban J connectivity index is 2.45. The van der Waals surface area contributed by atoms with Gasteiger partial charge in [-0.25, -0.2) is 4.39 Å². The average Bonchev–Trinajstić information content (AvgIpc) is 2.29. The summed E-state index contributed by atoms with van der Waals surface area (Å²) in [6, 6.07) is 3.59. The molecule has 0 saturated carbocycles. The van der Waals surface area contributed by atoms with Crippen LogP contribution in [0, 0.1) is 5.82 Å². The van der Waals surface area contributed by atoms with Gasteiger partial charge in [-0.3, -0.25) is 4.79 Å². The first kappa shape index (κ1) is 14.4. The molecule has 0 radical (unpaired) electrons. The number of anilines is 1. The number of aliphatic hydroxyl groups is 1. The molecule has 1 atom stereocenters. The van der Waals surface area contributed by atoms with Gasteiger partial charge in [0.1, 0.15) is 5.82 Å². The zero-order valence-corrected chi connectivity index (χ0v) is 10.1. The van der Waals surface area contributed by atoms with Crippen LogP contribution in [0.2, 0.25) is 0 Å². The van der Waals surface area contributed by atoms with Gasteiger partial charge in [0.2, 0.25) is 0 Å². The van der Waals surface area contributed by atoms with Gasteiger partial charge in [-0.05, 0) is 24.6 Å². The molecule has 0 heterocycles. The Morgan fingerprint density at radius 3 is 2.94 bits per heavy atom. The van der Waals surface area contributed by atoms with E-state index in [9.17, 15) is 14.3 Å². The second kappa shape index (κ2) is 6.93. The molecule has 100 valence electrons. The van der Waals surface area contributed by atoms with Crippen LogP contribution in [0.25, 0.3) is 0 Å². The van der Waals surface area contributed by atoms with Crippen LogP contribution in [0.4, 0.5) is 10.1 Å². The van der Waals surface area contributed by atoms with Gasteiger partial charge in [-0.2, -0.15) is 0 Å². The van der Waals surface area contributed by atoms with Gasteiger partial charge in [-0.15, -0.1) is 0 Å². The quantitative estimate of drug-likeness (QED) is 0.648. The monoisotopic (exact) mass is 256 g/mol. The van der Waals surface area contributed by atoms with E-state index in [1.807, 2.05) is 0 Å². The average molecular weight is 256 g/mol. The Hall–Kier alpha value is -1.66. The molecule has 0 saturated heterocycles. The summed E-state index contributed by atoms with van der Waals surface area (Å²) in [5.74, 6) is -0.878. The number of carbonyl (C=O) groups is 1. The smallest absolute Gasteiger partial charge is 0.253 e. The number of carbonyl (C=O) groups excluding carboxylic acids is 1. The Kier molecular flexibility index (Phi) is 5.54. The Labute approximate surface area is 105 Å². The van der Waals surface area contributed by atoms with Crippen LogP contribution in [0.1, 0.15) is 16.8 Å². The standard InChI is InChI=1S/C12H17FN2O3/c1-18-7-9(16)4-5-15-12(17)10-3-2-8(13)6-11(10)14/h2-3,6,9,16H,4-5,7,14H2,1H3,(H,15,17). The van der Waals surface area contributed by atoms with Crippen molar-refractivity contribution in [3.8, 4) is 0 Å². The molecule has 0 bridgehead atoms. The molecule has 0 aliphatic carbocycles. The van der Waals surface area contributed by atoms with E-state index in [1.165, 1.54) is 19.2 Å². The Morgan fingerprint density at radius 2 is 2.33 bits per heavy atom. The Morgan fingerprint density at radius 1 is 1.61 bits per heavy atom. The van der Waals surface area contributed by atoms with Crippen molar-refractivity contribution in [3.63, 3.8) is 0 Å². The Bertz CT molecular complexity index is 412. The van der Waals surface area contributed by atoms with Crippen molar-refractivity contribution >= 4 is 11.6 Å². The number of ether oxygens (including phenoxy) is 1. The first-order valence-corrected chi connectivity index (χ1v) is 5.54. The summed E-state index contributed by atoms with van der Waals surface area (Å²) in [7, 11) is 1.49. The number of rotatable bonds is 6. The molecule has 1 rings (SSSR count). The number of methoxy groups -OCH3 is 1. The number of halogens is 1. The fourth-order valence-electron chi connectivity index (χ4n) is 1.46. The van der Waals surface area contributed by atoms with Gasteiger partial charge in [-0.1, -0.05) is 0 Å². The molecule has 6 heteroatoms. The van der Waals surface area contributed by atoms with Crippen LogP contribution in [-0.2, 0) is 4.74 Å². The summed E-state index contributed by atoms with van der Waals surface area (Å²) < 4.78 is 17.5. The normalized spacial score (nSPS) is 12.2. The topological polar surface area (TPSA) is 84.6 Å². The van der Waals surface area contributed by atoms with Crippen molar-refractivity contribution in [3.05, 3.63) is 29.6 Å². The number of nitrogens with one attached hydrogen (secondary N) is 1. The third kappa shape index (κ3) is 4.31. The molecule has 1 amide bonds. The molecule has 0 fully saturated rings. The summed E-state index contributed by atoms with van der Waals surface area (Å²) >= 11 is 0. The first-order chi connectivity index (χ1) is 8.54. The van der Waals surface area contributed by atoms with Crippen LogP contribution in [0.15, 0.2) is 18.2 Å². The fourth-order valence-corrected chi connectivity index (χ4v) is 1.46. The van der Waals surface area contributed by atoms with E-state index >= 15 is 0 Å². The van der Waals surface area contributed by atoms with E-state index in [0.29, 0.717) is 13.0 Å². The number of benzene rings is 1. The van der Waals surface area contributed by atoms with Crippen LogP contribution in [-0.4, -0.2) is 37.4 Å². The van der Waals surface area contributed by atoms with Crippen LogP contribution >= 0.6 is 0 Å². The van der Waals surface area contributed by atoms with Gasteiger partial charge in [0.15, 0.2) is 0 Å².